The first kappa shape index (κ1) is 15.2. The zero-order valence-corrected chi connectivity index (χ0v) is 12.2. The highest BCUT2D eigenvalue weighted by Crippen LogP contribution is 2.60. The third kappa shape index (κ3) is 4.37. The molecular formula is C9H19Cl2OPS. The summed E-state index contributed by atoms with van der Waals surface area (Å²) in [7, 11) is 0. The maximum Gasteiger partial charge on any atom is 0.158 e. The van der Waals surface area contributed by atoms with Crippen molar-refractivity contribution in [1.29, 1.82) is 0 Å². The highest BCUT2D eigenvalue weighted by Gasteiger charge is 2.31. The van der Waals surface area contributed by atoms with Crippen LogP contribution in [0.3, 0.4) is 0 Å². The molecule has 5 heteroatoms. The van der Waals surface area contributed by atoms with Gasteiger partial charge >= 0.3 is 0 Å². The molecule has 0 aromatic carbocycles. The van der Waals surface area contributed by atoms with Crippen LogP contribution in [0.5, 0.6) is 0 Å². The summed E-state index contributed by atoms with van der Waals surface area (Å²) in [6.45, 7) is 6.97. The van der Waals surface area contributed by atoms with Crippen LogP contribution in [0.15, 0.2) is 0 Å². The van der Waals surface area contributed by atoms with E-state index in [1.807, 2.05) is 0 Å². The summed E-state index contributed by atoms with van der Waals surface area (Å²) in [6.07, 6.45) is 1.05. The van der Waals surface area contributed by atoms with Gasteiger partial charge in [0, 0.05) is 5.66 Å². The smallest absolute Gasteiger partial charge is 0.158 e. The van der Waals surface area contributed by atoms with Crippen LogP contribution in [0.25, 0.3) is 0 Å². The van der Waals surface area contributed by atoms with E-state index in [1.165, 1.54) is 0 Å². The van der Waals surface area contributed by atoms with E-state index < -0.39 is 10.8 Å². The van der Waals surface area contributed by atoms with Crippen molar-refractivity contribution in [3.63, 3.8) is 0 Å². The molecule has 0 aliphatic carbocycles. The molecule has 0 fully saturated rings. The molecule has 14 heavy (non-hydrogen) atoms. The van der Waals surface area contributed by atoms with Gasteiger partial charge in [0.2, 0.25) is 0 Å². The maximum absolute atomic E-state index is 5.92. The summed E-state index contributed by atoms with van der Waals surface area (Å²) in [5, 5.41) is 0. The Bertz CT molecular complexity index is 199. The normalized spacial score (nSPS) is 18.1. The molecule has 1 nitrogen and oxygen atoms in total. The van der Waals surface area contributed by atoms with E-state index in [1.54, 1.807) is 0 Å². The Kier molecular flexibility index (Phi) is 8.10. The molecule has 0 unspecified atom stereocenters. The average molecular weight is 277 g/mol. The highest BCUT2D eigenvalue weighted by molar-refractivity contribution is 8.14. The minimum atomic E-state index is -2.05. The number of halogens is 2. The SMILES string of the molecule is CCCCO[P@@](=S)(C(Cl)Cl)[C@H](C)CC. The molecule has 0 radical (unpaired) electrons. The lowest BCUT2D eigenvalue weighted by Gasteiger charge is -2.28. The van der Waals surface area contributed by atoms with Gasteiger partial charge in [-0.25, -0.2) is 0 Å². The largest absolute Gasteiger partial charge is 0.348 e. The fourth-order valence-corrected chi connectivity index (χ4v) is 4.82. The molecule has 0 aromatic heterocycles. The van der Waals surface area contributed by atoms with Crippen molar-refractivity contribution in [2.75, 3.05) is 6.61 Å². The van der Waals surface area contributed by atoms with Crippen molar-refractivity contribution in [1.82, 2.24) is 0 Å². The molecule has 0 aliphatic rings. The second-order valence-electron chi connectivity index (χ2n) is 3.37. The van der Waals surface area contributed by atoms with E-state index in [0.717, 1.165) is 19.3 Å². The lowest BCUT2D eigenvalue weighted by atomic mass is 10.4. The zero-order chi connectivity index (χ0) is 11.2. The van der Waals surface area contributed by atoms with Gasteiger partial charge in [-0.1, -0.05) is 62.2 Å². The van der Waals surface area contributed by atoms with Crippen LogP contribution in [0.1, 0.15) is 40.0 Å². The molecule has 0 heterocycles. The van der Waals surface area contributed by atoms with Crippen molar-refractivity contribution >= 4 is 41.3 Å². The predicted octanol–water partition coefficient (Wildman–Crippen LogP) is 4.76. The summed E-state index contributed by atoms with van der Waals surface area (Å²) in [6, 6.07) is 0. The second-order valence-corrected chi connectivity index (χ2v) is 9.73. The molecule has 86 valence electrons. The molecule has 0 amide bonds. The van der Waals surface area contributed by atoms with Gasteiger partial charge in [0.25, 0.3) is 0 Å². The van der Waals surface area contributed by atoms with E-state index >= 15 is 0 Å². The number of alkyl halides is 2. The minimum Gasteiger partial charge on any atom is -0.348 e. The third-order valence-corrected chi connectivity index (χ3v) is 9.45. The van der Waals surface area contributed by atoms with Crippen molar-refractivity contribution in [2.45, 2.75) is 50.3 Å². The minimum absolute atomic E-state index is 0.300. The van der Waals surface area contributed by atoms with Crippen LogP contribution in [0.4, 0.5) is 0 Å². The summed E-state index contributed by atoms with van der Waals surface area (Å²) in [5.74, 6) is 0. The fraction of sp³-hybridized carbons (Fsp3) is 1.00. The summed E-state index contributed by atoms with van der Waals surface area (Å²) < 4.78 is 5.21. The fourth-order valence-electron chi connectivity index (χ4n) is 0.982. The highest BCUT2D eigenvalue weighted by atomic mass is 35.5. The first-order valence-corrected chi connectivity index (χ1v) is 8.74. The molecule has 0 rings (SSSR count). The Morgan fingerprint density at radius 3 is 2.29 bits per heavy atom. The third-order valence-electron chi connectivity index (χ3n) is 2.27. The molecule has 0 saturated carbocycles. The number of hydrogen-bond donors (Lipinski definition) is 0. The zero-order valence-electron chi connectivity index (χ0n) is 9.00. The van der Waals surface area contributed by atoms with Crippen LogP contribution in [-0.4, -0.2) is 16.8 Å². The number of hydrogen-bond acceptors (Lipinski definition) is 2. The first-order valence-electron chi connectivity index (χ1n) is 5.01. The maximum atomic E-state index is 5.92. The van der Waals surface area contributed by atoms with Crippen LogP contribution in [0.2, 0.25) is 0 Å². The van der Waals surface area contributed by atoms with E-state index in [9.17, 15) is 0 Å². The Labute approximate surface area is 103 Å². The Morgan fingerprint density at radius 1 is 1.36 bits per heavy atom. The van der Waals surface area contributed by atoms with Gasteiger partial charge in [0.1, 0.15) is 6.26 Å². The standard InChI is InChI=1S/C9H19Cl2OPS/c1-4-6-7-12-13(14,9(10)11)8(3)5-2/h8-9H,4-7H2,1-3H3/t8-,13+/m1/s1. The van der Waals surface area contributed by atoms with E-state index in [0.29, 0.717) is 12.3 Å². The van der Waals surface area contributed by atoms with Crippen molar-refractivity contribution in [3.8, 4) is 0 Å². The average Bonchev–Trinajstić information content (AvgIpc) is 2.16. The molecule has 0 bridgehead atoms. The van der Waals surface area contributed by atoms with Gasteiger partial charge in [-0.15, -0.1) is 0 Å². The first-order chi connectivity index (χ1) is 6.49. The number of unbranched alkanes of at least 4 members (excludes halogenated alkanes) is 1. The van der Waals surface area contributed by atoms with Gasteiger partial charge in [-0.3, -0.25) is 0 Å². The molecule has 0 saturated heterocycles. The van der Waals surface area contributed by atoms with Crippen LogP contribution >= 0.6 is 29.5 Å². The quantitative estimate of drug-likeness (QED) is 0.377. The second kappa shape index (κ2) is 7.46. The van der Waals surface area contributed by atoms with Crippen molar-refractivity contribution in [2.24, 2.45) is 0 Å². The molecule has 0 aromatic rings. The van der Waals surface area contributed by atoms with Gasteiger partial charge < -0.3 is 4.52 Å². The van der Waals surface area contributed by atoms with Crippen LogP contribution in [0, 0.1) is 0 Å². The van der Waals surface area contributed by atoms with Gasteiger partial charge in [-0.2, -0.15) is 0 Å². The topological polar surface area (TPSA) is 9.23 Å². The summed E-state index contributed by atoms with van der Waals surface area (Å²) in [4.78, 5) is 0. The Morgan fingerprint density at radius 2 is 1.93 bits per heavy atom. The van der Waals surface area contributed by atoms with E-state index in [4.69, 9.17) is 39.5 Å². The van der Waals surface area contributed by atoms with Crippen LogP contribution in [-0.2, 0) is 16.3 Å². The molecular weight excluding hydrogens is 258 g/mol. The van der Waals surface area contributed by atoms with Crippen molar-refractivity contribution < 1.29 is 4.52 Å². The Balaban J connectivity index is 4.33. The number of rotatable bonds is 7. The van der Waals surface area contributed by atoms with Gasteiger partial charge in [0.05, 0.1) is 6.61 Å². The summed E-state index contributed by atoms with van der Waals surface area (Å²) >= 11 is 17.3. The van der Waals surface area contributed by atoms with Crippen LogP contribution < -0.4 is 0 Å². The Hall–Kier alpha value is 1.19. The lowest BCUT2D eigenvalue weighted by Crippen LogP contribution is -2.11. The molecule has 2 atom stereocenters. The van der Waals surface area contributed by atoms with E-state index in [-0.39, 0.29) is 0 Å². The molecule has 0 spiro atoms. The predicted molar refractivity (Wildman–Crippen MR) is 70.4 cm³/mol. The molecule has 0 aliphatic heterocycles. The monoisotopic (exact) mass is 276 g/mol. The van der Waals surface area contributed by atoms with Gasteiger partial charge in [0.15, 0.2) is 4.58 Å². The van der Waals surface area contributed by atoms with E-state index in [2.05, 4.69) is 20.8 Å². The lowest BCUT2D eigenvalue weighted by molar-refractivity contribution is 0.336. The van der Waals surface area contributed by atoms with Crippen molar-refractivity contribution in [3.05, 3.63) is 0 Å². The molecule has 0 N–H and O–H groups in total. The van der Waals surface area contributed by atoms with Gasteiger partial charge in [-0.05, 0) is 12.8 Å². The summed E-state index contributed by atoms with van der Waals surface area (Å²) in [5.41, 5.74) is 0.300.